The maximum atomic E-state index is 11.5. The molecule has 0 radical (unpaired) electrons. The fourth-order valence-corrected chi connectivity index (χ4v) is 1.21. The number of nitrogens with one attached hydrogen (secondary N) is 2. The average Bonchev–Trinajstić information content (AvgIpc) is 2.77. The third kappa shape index (κ3) is 1.63. The molecule has 0 saturated heterocycles. The number of aryl methyl sites for hydroxylation is 1. The van der Waals surface area contributed by atoms with Crippen molar-refractivity contribution in [3.8, 4) is 0 Å². The first-order chi connectivity index (χ1) is 6.64. The molecule has 0 atom stereocenters. The lowest BCUT2D eigenvalue weighted by Gasteiger charge is -2.06. The van der Waals surface area contributed by atoms with Gasteiger partial charge in [0, 0.05) is 11.8 Å². The molecule has 1 aliphatic carbocycles. The lowest BCUT2D eigenvalue weighted by atomic mass is 10.2. The Morgan fingerprint density at radius 3 is 3.00 bits per heavy atom. The van der Waals surface area contributed by atoms with Crippen molar-refractivity contribution in [3.63, 3.8) is 0 Å². The van der Waals surface area contributed by atoms with Gasteiger partial charge in [-0.25, -0.2) is 0 Å². The van der Waals surface area contributed by atoms with Crippen molar-refractivity contribution in [2.75, 3.05) is 5.32 Å². The number of aromatic amines is 1. The quantitative estimate of drug-likeness (QED) is 0.651. The van der Waals surface area contributed by atoms with E-state index >= 15 is 0 Å². The van der Waals surface area contributed by atoms with Crippen molar-refractivity contribution in [2.45, 2.75) is 31.7 Å². The minimum absolute atomic E-state index is 0.133. The molecule has 1 saturated carbocycles. The van der Waals surface area contributed by atoms with Gasteiger partial charge in [-0.15, -0.1) is 0 Å². The number of nitrogens with two attached hydrogens (primary N) is 1. The van der Waals surface area contributed by atoms with E-state index in [2.05, 4.69) is 15.5 Å². The van der Waals surface area contributed by atoms with Gasteiger partial charge in [-0.2, -0.15) is 5.10 Å². The maximum Gasteiger partial charge on any atom is 0.245 e. The fraction of sp³-hybridized carbons (Fsp3) is 0.556. The summed E-state index contributed by atoms with van der Waals surface area (Å²) in [5.74, 6) is 0.426. The van der Waals surface area contributed by atoms with Crippen LogP contribution < -0.4 is 11.1 Å². The van der Waals surface area contributed by atoms with Gasteiger partial charge in [0.05, 0.1) is 5.54 Å². The van der Waals surface area contributed by atoms with Crippen LogP contribution in [0.4, 0.5) is 5.82 Å². The molecule has 1 fully saturated rings. The number of carbonyl (C=O) groups excluding carboxylic acids is 1. The maximum absolute atomic E-state index is 11.5. The molecule has 1 heterocycles. The summed E-state index contributed by atoms with van der Waals surface area (Å²) < 4.78 is 0. The highest BCUT2D eigenvalue weighted by molar-refractivity contribution is 5.99. The molecule has 4 N–H and O–H groups in total. The van der Waals surface area contributed by atoms with E-state index in [9.17, 15) is 4.79 Å². The fourth-order valence-electron chi connectivity index (χ4n) is 1.21. The van der Waals surface area contributed by atoms with E-state index in [1.165, 1.54) is 0 Å². The van der Waals surface area contributed by atoms with Crippen LogP contribution in [0.5, 0.6) is 0 Å². The summed E-state index contributed by atoms with van der Waals surface area (Å²) in [5.41, 5.74) is 6.10. The topological polar surface area (TPSA) is 83.8 Å². The van der Waals surface area contributed by atoms with Crippen LogP contribution in [-0.4, -0.2) is 21.6 Å². The molecule has 1 aliphatic rings. The van der Waals surface area contributed by atoms with E-state index in [4.69, 9.17) is 5.73 Å². The molecular formula is C9H14N4O. The summed E-state index contributed by atoms with van der Waals surface area (Å²) in [6.07, 6.45) is 2.41. The first kappa shape index (κ1) is 9.21. The summed E-state index contributed by atoms with van der Waals surface area (Å²) in [6.45, 7) is 2.02. The second kappa shape index (κ2) is 3.09. The highest BCUT2D eigenvalue weighted by atomic mass is 16.2. The number of aromatic nitrogens is 2. The minimum atomic E-state index is -0.634. The molecule has 0 spiro atoms. The first-order valence-corrected chi connectivity index (χ1v) is 4.79. The van der Waals surface area contributed by atoms with Crippen LogP contribution in [0.25, 0.3) is 0 Å². The molecule has 14 heavy (non-hydrogen) atoms. The van der Waals surface area contributed by atoms with Gasteiger partial charge in [0.2, 0.25) is 5.91 Å². The summed E-state index contributed by atoms with van der Waals surface area (Å²) in [5, 5.41) is 9.48. The number of rotatable bonds is 3. The number of H-pyrrole nitrogens is 1. The number of amides is 1. The monoisotopic (exact) mass is 194 g/mol. The summed E-state index contributed by atoms with van der Waals surface area (Å²) in [7, 11) is 0. The largest absolute Gasteiger partial charge is 0.317 e. The van der Waals surface area contributed by atoms with Crippen LogP contribution >= 0.6 is 0 Å². The second-order valence-electron chi connectivity index (χ2n) is 3.74. The van der Waals surface area contributed by atoms with Gasteiger partial charge in [0.1, 0.15) is 0 Å². The van der Waals surface area contributed by atoms with E-state index < -0.39 is 5.54 Å². The molecule has 1 aromatic heterocycles. The Hall–Kier alpha value is -1.36. The highest BCUT2D eigenvalue weighted by Crippen LogP contribution is 2.33. The minimum Gasteiger partial charge on any atom is -0.317 e. The number of hydrogen-bond acceptors (Lipinski definition) is 3. The van der Waals surface area contributed by atoms with E-state index in [0.29, 0.717) is 5.82 Å². The number of carbonyl (C=O) groups is 1. The smallest absolute Gasteiger partial charge is 0.245 e. The molecule has 0 bridgehead atoms. The van der Waals surface area contributed by atoms with Gasteiger partial charge in [0.15, 0.2) is 5.82 Å². The zero-order chi connectivity index (χ0) is 10.2. The summed E-state index contributed by atoms with van der Waals surface area (Å²) in [4.78, 5) is 11.5. The Balaban J connectivity index is 2.00. The molecule has 5 heteroatoms. The van der Waals surface area contributed by atoms with E-state index in [1.54, 1.807) is 0 Å². The summed E-state index contributed by atoms with van der Waals surface area (Å²) >= 11 is 0. The lowest BCUT2D eigenvalue weighted by Crippen LogP contribution is -2.37. The second-order valence-corrected chi connectivity index (χ2v) is 3.74. The highest BCUT2D eigenvalue weighted by Gasteiger charge is 2.46. The Labute approximate surface area is 82.1 Å². The van der Waals surface area contributed by atoms with Crippen molar-refractivity contribution in [1.29, 1.82) is 0 Å². The Morgan fingerprint density at radius 1 is 1.79 bits per heavy atom. The van der Waals surface area contributed by atoms with Crippen LogP contribution in [0.3, 0.4) is 0 Å². The Kier molecular flexibility index (Phi) is 2.03. The van der Waals surface area contributed by atoms with Crippen molar-refractivity contribution in [1.82, 2.24) is 10.2 Å². The van der Waals surface area contributed by atoms with Crippen molar-refractivity contribution >= 4 is 11.7 Å². The lowest BCUT2D eigenvalue weighted by molar-refractivity contribution is -0.118. The Bertz CT molecular complexity index is 353. The van der Waals surface area contributed by atoms with Crippen LogP contribution in [-0.2, 0) is 11.2 Å². The van der Waals surface area contributed by atoms with Crippen molar-refractivity contribution < 1.29 is 4.79 Å². The van der Waals surface area contributed by atoms with Gasteiger partial charge in [-0.3, -0.25) is 9.89 Å². The van der Waals surface area contributed by atoms with Crippen molar-refractivity contribution in [3.05, 3.63) is 11.8 Å². The molecule has 0 aromatic carbocycles. The third-order valence-electron chi connectivity index (χ3n) is 2.49. The molecule has 0 unspecified atom stereocenters. The van der Waals surface area contributed by atoms with Gasteiger partial charge >= 0.3 is 0 Å². The number of nitrogens with zero attached hydrogens (tertiary/aromatic N) is 1. The average molecular weight is 194 g/mol. The molecule has 1 aromatic rings. The zero-order valence-electron chi connectivity index (χ0n) is 8.13. The van der Waals surface area contributed by atoms with E-state index in [0.717, 1.165) is 25.0 Å². The molecular weight excluding hydrogens is 180 g/mol. The first-order valence-electron chi connectivity index (χ1n) is 4.79. The van der Waals surface area contributed by atoms with E-state index in [-0.39, 0.29) is 5.91 Å². The van der Waals surface area contributed by atoms with Crippen LogP contribution in [0.15, 0.2) is 6.07 Å². The van der Waals surface area contributed by atoms with E-state index in [1.807, 2.05) is 13.0 Å². The SMILES string of the molecule is CCc1cc(NC(=O)C2(N)CC2)n[nH]1. The summed E-state index contributed by atoms with van der Waals surface area (Å²) in [6, 6.07) is 1.82. The molecule has 1 amide bonds. The standard InChI is InChI=1S/C9H14N4O/c1-2-6-5-7(13-12-6)11-8(14)9(10)3-4-9/h5H,2-4,10H2,1H3,(H2,11,12,13,14). The predicted octanol–water partition coefficient (Wildman–Crippen LogP) is 0.402. The predicted molar refractivity (Wildman–Crippen MR) is 52.7 cm³/mol. The van der Waals surface area contributed by atoms with Crippen molar-refractivity contribution in [2.24, 2.45) is 5.73 Å². The van der Waals surface area contributed by atoms with Gasteiger partial charge in [-0.05, 0) is 19.3 Å². The molecule has 2 rings (SSSR count). The van der Waals surface area contributed by atoms with Gasteiger partial charge in [0.25, 0.3) is 0 Å². The zero-order valence-corrected chi connectivity index (χ0v) is 8.13. The van der Waals surface area contributed by atoms with Crippen LogP contribution in [0.2, 0.25) is 0 Å². The van der Waals surface area contributed by atoms with Gasteiger partial charge in [-0.1, -0.05) is 6.92 Å². The van der Waals surface area contributed by atoms with Crippen LogP contribution in [0.1, 0.15) is 25.5 Å². The number of hydrogen-bond donors (Lipinski definition) is 3. The Morgan fingerprint density at radius 2 is 2.50 bits per heavy atom. The normalized spacial score (nSPS) is 17.9. The molecule has 5 nitrogen and oxygen atoms in total. The van der Waals surface area contributed by atoms with Gasteiger partial charge < -0.3 is 11.1 Å². The number of anilines is 1. The van der Waals surface area contributed by atoms with Crippen LogP contribution in [0, 0.1) is 0 Å². The third-order valence-corrected chi connectivity index (χ3v) is 2.49. The molecule has 76 valence electrons. The molecule has 0 aliphatic heterocycles.